The summed E-state index contributed by atoms with van der Waals surface area (Å²) in [6.07, 6.45) is 0.999. The fourth-order valence-electron chi connectivity index (χ4n) is 1.71. The normalized spacial score (nSPS) is 11.4. The second-order valence-electron chi connectivity index (χ2n) is 3.68. The van der Waals surface area contributed by atoms with E-state index in [0.29, 0.717) is 0 Å². The van der Waals surface area contributed by atoms with E-state index >= 15 is 0 Å². The first-order valence-electron chi connectivity index (χ1n) is 5.10. The van der Waals surface area contributed by atoms with Crippen LogP contribution in [0.2, 0.25) is 0 Å². The summed E-state index contributed by atoms with van der Waals surface area (Å²) < 4.78 is 3.79. The topological polar surface area (TPSA) is 20.2 Å². The van der Waals surface area contributed by atoms with Gasteiger partial charge in [-0.05, 0) is 39.5 Å². The van der Waals surface area contributed by atoms with Crippen molar-refractivity contribution in [2.75, 3.05) is 0 Å². The van der Waals surface area contributed by atoms with Crippen molar-refractivity contribution >= 4 is 59.3 Å². The van der Waals surface area contributed by atoms with Gasteiger partial charge in [0.1, 0.15) is 0 Å². The second kappa shape index (κ2) is 4.82. The molecule has 0 atom stereocenters. The molecule has 3 aromatic rings. The number of halogens is 1. The monoisotopic (exact) mass is 344 g/mol. The van der Waals surface area contributed by atoms with Gasteiger partial charge in [-0.2, -0.15) is 0 Å². The molecule has 0 aliphatic carbocycles. The van der Waals surface area contributed by atoms with Gasteiger partial charge in [-0.3, -0.25) is 0 Å². The van der Waals surface area contributed by atoms with Gasteiger partial charge in [0.05, 0.1) is 6.61 Å². The molecule has 0 aromatic carbocycles. The molecular weight excluding hydrogens is 336 g/mol. The van der Waals surface area contributed by atoms with Crippen molar-refractivity contribution in [2.45, 2.75) is 13.0 Å². The molecular formula is C12H9BrOS3. The van der Waals surface area contributed by atoms with Crippen LogP contribution in [-0.2, 0) is 13.0 Å². The highest BCUT2D eigenvalue weighted by molar-refractivity contribution is 9.10. The van der Waals surface area contributed by atoms with Gasteiger partial charge in [0.15, 0.2) is 0 Å². The standard InChI is InChI=1S/C12H9BrOS3/c13-9-1-2-15-10(9)3-7-4-11-12(16-7)5-8(6-14)17-11/h1-2,4-5,14H,3,6H2. The van der Waals surface area contributed by atoms with E-state index in [4.69, 9.17) is 5.11 Å². The molecule has 0 fully saturated rings. The van der Waals surface area contributed by atoms with Crippen molar-refractivity contribution in [1.82, 2.24) is 0 Å². The number of hydrogen-bond acceptors (Lipinski definition) is 4. The van der Waals surface area contributed by atoms with Crippen molar-refractivity contribution in [3.8, 4) is 0 Å². The lowest BCUT2D eigenvalue weighted by Crippen LogP contribution is -1.79. The number of aliphatic hydroxyl groups is 1. The number of aliphatic hydroxyl groups excluding tert-OH is 1. The van der Waals surface area contributed by atoms with Crippen LogP contribution >= 0.6 is 49.9 Å². The van der Waals surface area contributed by atoms with Crippen LogP contribution < -0.4 is 0 Å². The van der Waals surface area contributed by atoms with Crippen molar-refractivity contribution in [3.05, 3.63) is 42.7 Å². The summed E-state index contributed by atoms with van der Waals surface area (Å²) in [5, 5.41) is 11.2. The first kappa shape index (κ1) is 11.9. The molecule has 0 aliphatic rings. The number of hydrogen-bond donors (Lipinski definition) is 1. The third-order valence-corrected chi connectivity index (χ3v) is 6.70. The molecule has 0 radical (unpaired) electrons. The molecule has 88 valence electrons. The molecule has 1 N–H and O–H groups in total. The van der Waals surface area contributed by atoms with Crippen molar-refractivity contribution < 1.29 is 5.11 Å². The molecule has 3 heterocycles. The zero-order valence-corrected chi connectivity index (χ0v) is 12.8. The fourth-order valence-corrected chi connectivity index (χ4v) is 5.64. The summed E-state index contributed by atoms with van der Waals surface area (Å²) in [6.45, 7) is 0.151. The highest BCUT2D eigenvalue weighted by Gasteiger charge is 2.09. The van der Waals surface area contributed by atoms with Crippen LogP contribution in [0.3, 0.4) is 0 Å². The Morgan fingerprint density at radius 1 is 1.12 bits per heavy atom. The molecule has 5 heteroatoms. The van der Waals surface area contributed by atoms with Crippen LogP contribution in [-0.4, -0.2) is 5.11 Å². The lowest BCUT2D eigenvalue weighted by atomic mass is 10.3. The molecule has 0 aliphatic heterocycles. The fraction of sp³-hybridized carbons (Fsp3) is 0.167. The molecule has 0 bridgehead atoms. The van der Waals surface area contributed by atoms with Gasteiger partial charge in [-0.25, -0.2) is 0 Å². The van der Waals surface area contributed by atoms with Crippen LogP contribution in [0.15, 0.2) is 28.1 Å². The van der Waals surface area contributed by atoms with E-state index in [1.807, 2.05) is 11.3 Å². The number of rotatable bonds is 3. The van der Waals surface area contributed by atoms with Crippen molar-refractivity contribution in [2.24, 2.45) is 0 Å². The van der Waals surface area contributed by atoms with E-state index in [0.717, 1.165) is 11.3 Å². The lowest BCUT2D eigenvalue weighted by Gasteiger charge is -1.94. The minimum atomic E-state index is 0.151. The maximum absolute atomic E-state index is 9.08. The van der Waals surface area contributed by atoms with Crippen LogP contribution in [0.4, 0.5) is 0 Å². The third kappa shape index (κ3) is 2.35. The molecule has 0 amide bonds. The van der Waals surface area contributed by atoms with Gasteiger partial charge in [0, 0.05) is 34.9 Å². The highest BCUT2D eigenvalue weighted by atomic mass is 79.9. The maximum Gasteiger partial charge on any atom is 0.0775 e. The molecule has 0 saturated heterocycles. The number of thiophene rings is 3. The summed E-state index contributed by atoms with van der Waals surface area (Å²) in [4.78, 5) is 3.82. The van der Waals surface area contributed by atoms with Gasteiger partial charge in [-0.1, -0.05) is 0 Å². The van der Waals surface area contributed by atoms with Gasteiger partial charge in [0.2, 0.25) is 0 Å². The smallest absolute Gasteiger partial charge is 0.0775 e. The Morgan fingerprint density at radius 2 is 1.82 bits per heavy atom. The van der Waals surface area contributed by atoms with E-state index in [1.165, 1.54) is 23.6 Å². The summed E-state index contributed by atoms with van der Waals surface area (Å²) in [5.41, 5.74) is 0. The Labute approximate surface area is 119 Å². The van der Waals surface area contributed by atoms with E-state index in [-0.39, 0.29) is 6.61 Å². The highest BCUT2D eigenvalue weighted by Crippen LogP contribution is 2.35. The Balaban J connectivity index is 1.91. The predicted molar refractivity (Wildman–Crippen MR) is 80.4 cm³/mol. The van der Waals surface area contributed by atoms with E-state index in [9.17, 15) is 0 Å². The maximum atomic E-state index is 9.08. The molecule has 3 aromatic heterocycles. The van der Waals surface area contributed by atoms with Gasteiger partial charge in [0.25, 0.3) is 0 Å². The molecule has 0 unspecified atom stereocenters. The van der Waals surface area contributed by atoms with Crippen LogP contribution in [0.5, 0.6) is 0 Å². The average molecular weight is 345 g/mol. The molecule has 17 heavy (non-hydrogen) atoms. The minimum absolute atomic E-state index is 0.151. The lowest BCUT2D eigenvalue weighted by molar-refractivity contribution is 0.285. The van der Waals surface area contributed by atoms with Gasteiger partial charge < -0.3 is 5.11 Å². The van der Waals surface area contributed by atoms with Crippen molar-refractivity contribution in [3.63, 3.8) is 0 Å². The second-order valence-corrected chi connectivity index (χ2v) is 7.87. The SMILES string of the molecule is OCc1cc2sc(Cc3sccc3Br)cc2s1. The summed E-state index contributed by atoms with van der Waals surface area (Å²) >= 11 is 8.87. The molecule has 1 nitrogen and oxygen atoms in total. The van der Waals surface area contributed by atoms with Crippen LogP contribution in [0.1, 0.15) is 14.6 Å². The Morgan fingerprint density at radius 3 is 2.47 bits per heavy atom. The molecule has 0 saturated carbocycles. The first-order valence-corrected chi connectivity index (χ1v) is 8.40. The number of fused-ring (bicyclic) bond motifs is 1. The van der Waals surface area contributed by atoms with E-state index in [1.54, 1.807) is 22.7 Å². The average Bonchev–Trinajstić information content (AvgIpc) is 2.94. The van der Waals surface area contributed by atoms with Crippen LogP contribution in [0.25, 0.3) is 9.40 Å². The Hall–Kier alpha value is -0.200. The largest absolute Gasteiger partial charge is 0.391 e. The Kier molecular flexibility index (Phi) is 3.36. The molecule has 3 rings (SSSR count). The van der Waals surface area contributed by atoms with Crippen molar-refractivity contribution in [1.29, 1.82) is 0 Å². The zero-order chi connectivity index (χ0) is 11.8. The van der Waals surface area contributed by atoms with Crippen LogP contribution in [0, 0.1) is 0 Å². The quantitative estimate of drug-likeness (QED) is 0.718. The van der Waals surface area contributed by atoms with Gasteiger partial charge >= 0.3 is 0 Å². The zero-order valence-electron chi connectivity index (χ0n) is 8.77. The predicted octanol–water partition coefficient (Wildman–Crippen LogP) is 4.87. The van der Waals surface area contributed by atoms with E-state index in [2.05, 4.69) is 39.5 Å². The van der Waals surface area contributed by atoms with E-state index < -0.39 is 0 Å². The Bertz CT molecular complexity index is 618. The van der Waals surface area contributed by atoms with Gasteiger partial charge in [-0.15, -0.1) is 34.0 Å². The minimum Gasteiger partial charge on any atom is -0.391 e. The molecule has 0 spiro atoms. The summed E-state index contributed by atoms with van der Waals surface area (Å²) in [6, 6.07) is 6.44. The first-order chi connectivity index (χ1) is 8.26. The summed E-state index contributed by atoms with van der Waals surface area (Å²) in [7, 11) is 0. The third-order valence-electron chi connectivity index (χ3n) is 2.49. The summed E-state index contributed by atoms with van der Waals surface area (Å²) in [5.74, 6) is 0.